The maximum Gasteiger partial charge on any atom is 0.0940 e. The molecule has 1 N–H and O–H groups in total. The first-order chi connectivity index (χ1) is 7.52. The molecule has 4 heteroatoms. The summed E-state index contributed by atoms with van der Waals surface area (Å²) in [6, 6.07) is 2.51. The fourth-order valence-corrected chi connectivity index (χ4v) is 2.35. The third-order valence-electron chi connectivity index (χ3n) is 3.03. The van der Waals surface area contributed by atoms with Crippen LogP contribution in [0.4, 0.5) is 0 Å². The van der Waals surface area contributed by atoms with Gasteiger partial charge in [0, 0.05) is 19.1 Å². The van der Waals surface area contributed by atoms with Gasteiger partial charge in [0.05, 0.1) is 30.8 Å². The second kappa shape index (κ2) is 5.62. The van der Waals surface area contributed by atoms with E-state index in [-0.39, 0.29) is 24.4 Å². The van der Waals surface area contributed by atoms with E-state index in [4.69, 9.17) is 10.00 Å². The van der Waals surface area contributed by atoms with Gasteiger partial charge in [-0.05, 0) is 20.3 Å². The van der Waals surface area contributed by atoms with Crippen molar-refractivity contribution in [1.82, 2.24) is 4.90 Å². The molecule has 0 radical (unpaired) electrons. The van der Waals surface area contributed by atoms with Gasteiger partial charge < -0.3 is 9.84 Å². The fourth-order valence-electron chi connectivity index (χ4n) is 2.35. The number of ether oxygens (including phenoxy) is 1. The molecule has 16 heavy (non-hydrogen) atoms. The Kier molecular flexibility index (Phi) is 4.72. The summed E-state index contributed by atoms with van der Waals surface area (Å²) in [6.45, 7) is 7.74. The quantitative estimate of drug-likeness (QED) is 0.781. The minimum atomic E-state index is -0.242. The Labute approximate surface area is 97.8 Å². The van der Waals surface area contributed by atoms with Crippen molar-refractivity contribution in [2.24, 2.45) is 0 Å². The summed E-state index contributed by atoms with van der Waals surface area (Å²) in [7, 11) is 0. The normalized spacial score (nSPS) is 27.3. The number of morpholine rings is 1. The fraction of sp³-hybridized carbons (Fsp3) is 0.917. The average Bonchev–Trinajstić information content (AvgIpc) is 2.23. The SMILES string of the molecule is CCC(CC#N)N1CC(CO)OC(C)(C)C1. The summed E-state index contributed by atoms with van der Waals surface area (Å²) in [4.78, 5) is 2.27. The summed E-state index contributed by atoms with van der Waals surface area (Å²) >= 11 is 0. The van der Waals surface area contributed by atoms with Crippen LogP contribution in [-0.2, 0) is 4.74 Å². The zero-order valence-corrected chi connectivity index (χ0v) is 10.4. The molecule has 0 aromatic carbocycles. The Morgan fingerprint density at radius 3 is 2.81 bits per heavy atom. The first kappa shape index (κ1) is 13.4. The minimum absolute atomic E-state index is 0.0446. The van der Waals surface area contributed by atoms with Gasteiger partial charge in [-0.3, -0.25) is 4.90 Å². The van der Waals surface area contributed by atoms with E-state index >= 15 is 0 Å². The molecule has 1 fully saturated rings. The molecular formula is C12H22N2O2. The van der Waals surface area contributed by atoms with Gasteiger partial charge in [-0.1, -0.05) is 6.92 Å². The number of hydrogen-bond donors (Lipinski definition) is 1. The van der Waals surface area contributed by atoms with Gasteiger partial charge in [0.25, 0.3) is 0 Å². The van der Waals surface area contributed by atoms with Gasteiger partial charge in [0.15, 0.2) is 0 Å². The lowest BCUT2D eigenvalue weighted by atomic mass is 10.0. The zero-order valence-electron chi connectivity index (χ0n) is 10.4. The predicted octanol–water partition coefficient (Wildman–Crippen LogP) is 1.15. The minimum Gasteiger partial charge on any atom is -0.394 e. The molecule has 2 atom stereocenters. The van der Waals surface area contributed by atoms with E-state index in [9.17, 15) is 5.11 Å². The lowest BCUT2D eigenvalue weighted by Crippen LogP contribution is -2.56. The van der Waals surface area contributed by atoms with Crippen molar-refractivity contribution in [1.29, 1.82) is 5.26 Å². The molecule has 92 valence electrons. The van der Waals surface area contributed by atoms with Gasteiger partial charge in [0.1, 0.15) is 0 Å². The van der Waals surface area contributed by atoms with Crippen molar-refractivity contribution in [3.63, 3.8) is 0 Å². The summed E-state index contributed by atoms with van der Waals surface area (Å²) in [5, 5.41) is 18.0. The van der Waals surface area contributed by atoms with E-state index in [1.54, 1.807) is 0 Å². The largest absolute Gasteiger partial charge is 0.394 e. The highest BCUT2D eigenvalue weighted by Crippen LogP contribution is 2.24. The van der Waals surface area contributed by atoms with Gasteiger partial charge in [-0.15, -0.1) is 0 Å². The standard InChI is InChI=1S/C12H22N2O2/c1-4-10(5-6-13)14-7-11(8-15)16-12(2,3)9-14/h10-11,15H,4-5,7-9H2,1-3H3. The number of hydrogen-bond acceptors (Lipinski definition) is 4. The number of nitrogens with zero attached hydrogens (tertiary/aromatic N) is 2. The molecule has 1 aliphatic rings. The van der Waals surface area contributed by atoms with Gasteiger partial charge in [-0.25, -0.2) is 0 Å². The summed E-state index contributed by atoms with van der Waals surface area (Å²) in [5.74, 6) is 0. The first-order valence-corrected chi connectivity index (χ1v) is 5.92. The summed E-state index contributed by atoms with van der Waals surface area (Å²) in [6.07, 6.45) is 1.38. The van der Waals surface area contributed by atoms with Crippen molar-refractivity contribution in [3.8, 4) is 6.07 Å². The van der Waals surface area contributed by atoms with Crippen LogP contribution in [0.3, 0.4) is 0 Å². The number of aliphatic hydroxyl groups excluding tert-OH is 1. The second-order valence-electron chi connectivity index (χ2n) is 5.04. The first-order valence-electron chi connectivity index (χ1n) is 5.92. The van der Waals surface area contributed by atoms with Crippen LogP contribution in [0.15, 0.2) is 0 Å². The Morgan fingerprint density at radius 1 is 1.62 bits per heavy atom. The molecule has 1 heterocycles. The third kappa shape index (κ3) is 3.44. The van der Waals surface area contributed by atoms with E-state index in [1.165, 1.54) is 0 Å². The van der Waals surface area contributed by atoms with Crippen LogP contribution in [0, 0.1) is 11.3 Å². The van der Waals surface area contributed by atoms with Crippen molar-refractivity contribution >= 4 is 0 Å². The monoisotopic (exact) mass is 226 g/mol. The molecule has 1 saturated heterocycles. The molecule has 0 spiro atoms. The second-order valence-corrected chi connectivity index (χ2v) is 5.04. The molecule has 0 aromatic rings. The molecule has 0 aliphatic carbocycles. The van der Waals surface area contributed by atoms with E-state index in [0.717, 1.165) is 19.5 Å². The Hall–Kier alpha value is -0.630. The Balaban J connectivity index is 2.68. The summed E-state index contributed by atoms with van der Waals surface area (Å²) in [5.41, 5.74) is -0.242. The van der Waals surface area contributed by atoms with Crippen LogP contribution >= 0.6 is 0 Å². The molecule has 1 rings (SSSR count). The number of nitriles is 1. The van der Waals surface area contributed by atoms with E-state index in [2.05, 4.69) is 17.9 Å². The highest BCUT2D eigenvalue weighted by molar-refractivity contribution is 4.90. The maximum atomic E-state index is 9.21. The van der Waals surface area contributed by atoms with Crippen molar-refractivity contribution in [2.45, 2.75) is 51.4 Å². The summed E-state index contributed by atoms with van der Waals surface area (Å²) < 4.78 is 5.75. The molecule has 2 unspecified atom stereocenters. The van der Waals surface area contributed by atoms with Crippen LogP contribution < -0.4 is 0 Å². The average molecular weight is 226 g/mol. The van der Waals surface area contributed by atoms with Crippen LogP contribution in [0.2, 0.25) is 0 Å². The zero-order chi connectivity index (χ0) is 12.2. The smallest absolute Gasteiger partial charge is 0.0940 e. The lowest BCUT2D eigenvalue weighted by Gasteiger charge is -2.45. The topological polar surface area (TPSA) is 56.5 Å². The lowest BCUT2D eigenvalue weighted by molar-refractivity contribution is -0.156. The molecule has 0 amide bonds. The van der Waals surface area contributed by atoms with Crippen LogP contribution in [0.25, 0.3) is 0 Å². The molecule has 0 bridgehead atoms. The number of rotatable bonds is 4. The van der Waals surface area contributed by atoms with Crippen molar-refractivity contribution in [3.05, 3.63) is 0 Å². The third-order valence-corrected chi connectivity index (χ3v) is 3.03. The van der Waals surface area contributed by atoms with Gasteiger partial charge >= 0.3 is 0 Å². The number of aliphatic hydroxyl groups is 1. The Morgan fingerprint density at radius 2 is 2.31 bits per heavy atom. The van der Waals surface area contributed by atoms with Gasteiger partial charge in [-0.2, -0.15) is 5.26 Å². The van der Waals surface area contributed by atoms with Crippen LogP contribution in [0.1, 0.15) is 33.6 Å². The van der Waals surface area contributed by atoms with Gasteiger partial charge in [0.2, 0.25) is 0 Å². The van der Waals surface area contributed by atoms with E-state index in [0.29, 0.717) is 6.42 Å². The molecule has 1 aliphatic heterocycles. The van der Waals surface area contributed by atoms with Crippen molar-refractivity contribution < 1.29 is 9.84 Å². The Bertz CT molecular complexity index is 260. The molecular weight excluding hydrogens is 204 g/mol. The molecule has 0 aromatic heterocycles. The van der Waals surface area contributed by atoms with E-state index < -0.39 is 0 Å². The highest BCUT2D eigenvalue weighted by atomic mass is 16.5. The van der Waals surface area contributed by atoms with Crippen LogP contribution in [0.5, 0.6) is 0 Å². The predicted molar refractivity (Wildman–Crippen MR) is 61.9 cm³/mol. The maximum absolute atomic E-state index is 9.21. The van der Waals surface area contributed by atoms with Crippen LogP contribution in [-0.4, -0.2) is 47.4 Å². The molecule has 4 nitrogen and oxygen atoms in total. The van der Waals surface area contributed by atoms with Crippen molar-refractivity contribution in [2.75, 3.05) is 19.7 Å². The molecule has 0 saturated carbocycles. The van der Waals surface area contributed by atoms with E-state index in [1.807, 2.05) is 13.8 Å². The highest BCUT2D eigenvalue weighted by Gasteiger charge is 2.35.